The van der Waals surface area contributed by atoms with Gasteiger partial charge in [-0.05, 0) is 47.2 Å². The molecule has 0 bridgehead atoms. The summed E-state index contributed by atoms with van der Waals surface area (Å²) in [6, 6.07) is 8.15. The molecule has 0 spiro atoms. The van der Waals surface area contributed by atoms with Crippen LogP contribution in [0.2, 0.25) is 0 Å². The van der Waals surface area contributed by atoms with Crippen LogP contribution in [0, 0.1) is 9.81 Å². The zero-order valence-corrected chi connectivity index (χ0v) is 13.6. The zero-order valence-electron chi connectivity index (χ0n) is 10.6. The van der Waals surface area contributed by atoms with Crippen LogP contribution in [-0.4, -0.2) is 10.4 Å². The van der Waals surface area contributed by atoms with E-state index in [9.17, 15) is 4.79 Å². The summed E-state index contributed by atoms with van der Waals surface area (Å²) in [5, 5.41) is 2.95. The molecule has 0 saturated heterocycles. The molecule has 0 fully saturated rings. The standard InChI is InChI=1S/C15H12INOS/c1-9-3-4-11-12(7-17(2)13(11)5-9)15(18)10-6-14(16)19-8-10/h3-8H,1-2H3. The van der Waals surface area contributed by atoms with Crippen molar-refractivity contribution in [1.29, 1.82) is 0 Å². The third-order valence-corrected chi connectivity index (χ3v) is 5.01. The van der Waals surface area contributed by atoms with Crippen LogP contribution in [0.5, 0.6) is 0 Å². The average molecular weight is 381 g/mol. The number of fused-ring (bicyclic) bond motifs is 1. The van der Waals surface area contributed by atoms with E-state index in [1.165, 1.54) is 5.56 Å². The molecule has 0 aliphatic rings. The molecule has 0 aliphatic carbocycles. The van der Waals surface area contributed by atoms with Crippen LogP contribution >= 0.6 is 33.9 Å². The molecule has 1 aromatic carbocycles. The fourth-order valence-electron chi connectivity index (χ4n) is 2.26. The molecule has 3 aromatic rings. The van der Waals surface area contributed by atoms with Gasteiger partial charge in [0.05, 0.1) is 2.88 Å². The van der Waals surface area contributed by atoms with E-state index in [1.54, 1.807) is 11.3 Å². The number of aromatic nitrogens is 1. The molecule has 0 atom stereocenters. The summed E-state index contributed by atoms with van der Waals surface area (Å²) in [7, 11) is 1.98. The first-order chi connectivity index (χ1) is 9.06. The summed E-state index contributed by atoms with van der Waals surface area (Å²) in [6.45, 7) is 2.06. The van der Waals surface area contributed by atoms with Crippen molar-refractivity contribution in [2.75, 3.05) is 0 Å². The molecule has 2 heterocycles. The molecule has 0 amide bonds. The minimum atomic E-state index is 0.105. The lowest BCUT2D eigenvalue weighted by Gasteiger charge is -1.98. The van der Waals surface area contributed by atoms with Crippen LogP contribution in [0.3, 0.4) is 0 Å². The maximum atomic E-state index is 12.6. The molecule has 19 heavy (non-hydrogen) atoms. The Balaban J connectivity index is 2.18. The Labute approximate surface area is 129 Å². The number of benzene rings is 1. The fraction of sp³-hybridized carbons (Fsp3) is 0.133. The first-order valence-corrected chi connectivity index (χ1v) is 7.86. The van der Waals surface area contributed by atoms with Gasteiger partial charge in [-0.2, -0.15) is 0 Å². The highest BCUT2D eigenvalue weighted by Crippen LogP contribution is 2.26. The van der Waals surface area contributed by atoms with Gasteiger partial charge in [-0.15, -0.1) is 11.3 Å². The Hall–Kier alpha value is -1.14. The van der Waals surface area contributed by atoms with Crippen molar-refractivity contribution in [3.8, 4) is 0 Å². The minimum absolute atomic E-state index is 0.105. The number of carbonyl (C=O) groups excluding carboxylic acids is 1. The summed E-state index contributed by atoms with van der Waals surface area (Å²) in [5.41, 5.74) is 3.88. The van der Waals surface area contributed by atoms with E-state index in [4.69, 9.17) is 0 Å². The SMILES string of the molecule is Cc1ccc2c(C(=O)c3csc(I)c3)cn(C)c2c1. The Bertz CT molecular complexity index is 785. The van der Waals surface area contributed by atoms with Gasteiger partial charge in [0.15, 0.2) is 5.78 Å². The number of aryl methyl sites for hydroxylation is 2. The number of thiophene rings is 1. The molecule has 0 aliphatic heterocycles. The van der Waals surface area contributed by atoms with E-state index in [0.717, 1.165) is 24.9 Å². The van der Waals surface area contributed by atoms with Gasteiger partial charge in [0.2, 0.25) is 0 Å². The molecule has 4 heteroatoms. The van der Waals surface area contributed by atoms with Crippen LogP contribution in [0.25, 0.3) is 10.9 Å². The third-order valence-electron chi connectivity index (χ3n) is 3.22. The van der Waals surface area contributed by atoms with Gasteiger partial charge in [0.1, 0.15) is 0 Å². The molecule has 96 valence electrons. The smallest absolute Gasteiger partial charge is 0.196 e. The van der Waals surface area contributed by atoms with Gasteiger partial charge in [0.25, 0.3) is 0 Å². The third kappa shape index (κ3) is 2.23. The number of halogens is 1. The van der Waals surface area contributed by atoms with E-state index in [1.807, 2.05) is 35.3 Å². The predicted molar refractivity (Wildman–Crippen MR) is 88.1 cm³/mol. The number of carbonyl (C=O) groups is 1. The number of nitrogens with zero attached hydrogens (tertiary/aromatic N) is 1. The quantitative estimate of drug-likeness (QED) is 0.477. The summed E-state index contributed by atoms with van der Waals surface area (Å²) in [5.74, 6) is 0.105. The number of hydrogen-bond donors (Lipinski definition) is 0. The summed E-state index contributed by atoms with van der Waals surface area (Å²) >= 11 is 3.84. The molecule has 0 N–H and O–H groups in total. The van der Waals surface area contributed by atoms with Crippen molar-refractivity contribution < 1.29 is 4.79 Å². The Morgan fingerprint density at radius 2 is 2.11 bits per heavy atom. The normalized spacial score (nSPS) is 11.1. The molecular formula is C15H12INOS. The topological polar surface area (TPSA) is 22.0 Å². The van der Waals surface area contributed by atoms with Gasteiger partial charge in [0, 0.05) is 40.7 Å². The highest BCUT2D eigenvalue weighted by atomic mass is 127. The van der Waals surface area contributed by atoms with Crippen molar-refractivity contribution in [3.05, 3.63) is 55.4 Å². The van der Waals surface area contributed by atoms with E-state index < -0.39 is 0 Å². The first-order valence-electron chi connectivity index (χ1n) is 5.90. The van der Waals surface area contributed by atoms with Crippen LogP contribution in [0.4, 0.5) is 0 Å². The lowest BCUT2D eigenvalue weighted by Crippen LogP contribution is -1.98. The molecule has 0 radical (unpaired) electrons. The van der Waals surface area contributed by atoms with Gasteiger partial charge < -0.3 is 4.57 Å². The molecule has 0 saturated carbocycles. The maximum Gasteiger partial charge on any atom is 0.196 e. The van der Waals surface area contributed by atoms with Gasteiger partial charge >= 0.3 is 0 Å². The second-order valence-electron chi connectivity index (χ2n) is 4.64. The zero-order chi connectivity index (χ0) is 13.6. The molecule has 2 nitrogen and oxygen atoms in total. The first kappa shape index (κ1) is 12.9. The summed E-state index contributed by atoms with van der Waals surface area (Å²) in [6.07, 6.45) is 1.93. The number of rotatable bonds is 2. The van der Waals surface area contributed by atoms with E-state index in [0.29, 0.717) is 0 Å². The van der Waals surface area contributed by atoms with Crippen LogP contribution in [0.15, 0.2) is 35.8 Å². The van der Waals surface area contributed by atoms with E-state index in [-0.39, 0.29) is 5.78 Å². The molecule has 2 aromatic heterocycles. The van der Waals surface area contributed by atoms with Crippen LogP contribution in [0.1, 0.15) is 21.5 Å². The van der Waals surface area contributed by atoms with Crippen LogP contribution < -0.4 is 0 Å². The van der Waals surface area contributed by atoms with Crippen molar-refractivity contribution in [3.63, 3.8) is 0 Å². The highest BCUT2D eigenvalue weighted by molar-refractivity contribution is 14.1. The highest BCUT2D eigenvalue weighted by Gasteiger charge is 2.16. The molecule has 0 unspecified atom stereocenters. The Morgan fingerprint density at radius 3 is 2.79 bits per heavy atom. The van der Waals surface area contributed by atoms with Crippen molar-refractivity contribution in [2.24, 2.45) is 7.05 Å². The van der Waals surface area contributed by atoms with Crippen molar-refractivity contribution in [1.82, 2.24) is 4.57 Å². The monoisotopic (exact) mass is 381 g/mol. The predicted octanol–water partition coefficient (Wildman–Crippen LogP) is 4.38. The summed E-state index contributed by atoms with van der Waals surface area (Å²) < 4.78 is 3.16. The Kier molecular flexibility index (Phi) is 3.22. The lowest BCUT2D eigenvalue weighted by atomic mass is 10.0. The largest absolute Gasteiger partial charge is 0.350 e. The molecular weight excluding hydrogens is 369 g/mol. The average Bonchev–Trinajstić information content (AvgIpc) is 2.94. The van der Waals surface area contributed by atoms with Crippen molar-refractivity contribution >= 4 is 50.6 Å². The summed E-state index contributed by atoms with van der Waals surface area (Å²) in [4.78, 5) is 12.6. The van der Waals surface area contributed by atoms with Crippen LogP contribution in [-0.2, 0) is 7.05 Å². The van der Waals surface area contributed by atoms with Gasteiger partial charge in [-0.25, -0.2) is 0 Å². The second-order valence-corrected chi connectivity index (χ2v) is 7.45. The number of ketones is 1. The lowest BCUT2D eigenvalue weighted by molar-refractivity contribution is 0.104. The van der Waals surface area contributed by atoms with Gasteiger partial charge in [-0.3, -0.25) is 4.79 Å². The maximum absolute atomic E-state index is 12.6. The van der Waals surface area contributed by atoms with Crippen molar-refractivity contribution in [2.45, 2.75) is 6.92 Å². The Morgan fingerprint density at radius 1 is 1.32 bits per heavy atom. The molecule has 3 rings (SSSR count). The van der Waals surface area contributed by atoms with E-state index in [2.05, 4.69) is 41.6 Å². The minimum Gasteiger partial charge on any atom is -0.350 e. The fourth-order valence-corrected chi connectivity index (χ4v) is 3.59. The number of hydrogen-bond acceptors (Lipinski definition) is 2. The second kappa shape index (κ2) is 4.76. The van der Waals surface area contributed by atoms with Gasteiger partial charge in [-0.1, -0.05) is 12.1 Å². The van der Waals surface area contributed by atoms with E-state index >= 15 is 0 Å².